The Morgan fingerprint density at radius 2 is 1.94 bits per heavy atom. The first-order chi connectivity index (χ1) is 14.8. The van der Waals surface area contributed by atoms with Crippen molar-refractivity contribution in [3.63, 3.8) is 0 Å². The number of aromatic hydroxyl groups is 1. The second-order valence-corrected chi connectivity index (χ2v) is 9.61. The third-order valence-corrected chi connectivity index (χ3v) is 6.78. The number of aromatic nitrogens is 1. The molecule has 0 saturated heterocycles. The number of fused-ring (bicyclic) bond motifs is 1. The fourth-order valence-corrected chi connectivity index (χ4v) is 4.75. The summed E-state index contributed by atoms with van der Waals surface area (Å²) in [5, 5.41) is 14.0. The van der Waals surface area contributed by atoms with Crippen LogP contribution in [0.5, 0.6) is 5.75 Å². The number of aryl methyl sites for hydroxylation is 1. The van der Waals surface area contributed by atoms with Crippen LogP contribution in [0.25, 0.3) is 10.9 Å². The van der Waals surface area contributed by atoms with Crippen LogP contribution in [0.3, 0.4) is 0 Å². The zero-order valence-electron chi connectivity index (χ0n) is 17.9. The van der Waals surface area contributed by atoms with Crippen LogP contribution >= 0.6 is 27.7 Å². The fraction of sp³-hybridized carbons (Fsp3) is 0.348. The minimum atomic E-state index is -0.274. The molecule has 1 aromatic heterocycles. The number of phenols is 1. The molecule has 31 heavy (non-hydrogen) atoms. The molecule has 0 atom stereocenters. The Kier molecular flexibility index (Phi) is 8.02. The second-order valence-electron chi connectivity index (χ2n) is 7.71. The molecule has 2 N–H and O–H groups in total. The number of nitrogens with one attached hydrogen (secondary N) is 1. The summed E-state index contributed by atoms with van der Waals surface area (Å²) in [4.78, 5) is 16.2. The van der Waals surface area contributed by atoms with Crippen molar-refractivity contribution in [1.29, 1.82) is 0 Å². The Labute approximate surface area is 194 Å². The number of hydrogen-bond acceptors (Lipinski definition) is 4. The molecule has 8 heteroatoms. The number of halogens is 2. The highest BCUT2D eigenvalue weighted by molar-refractivity contribution is 9.10. The number of benzene rings is 2. The molecule has 0 saturated carbocycles. The van der Waals surface area contributed by atoms with Crippen LogP contribution in [0.2, 0.25) is 0 Å². The van der Waals surface area contributed by atoms with Gasteiger partial charge in [-0.2, -0.15) is 0 Å². The summed E-state index contributed by atoms with van der Waals surface area (Å²) in [7, 11) is 5.98. The van der Waals surface area contributed by atoms with E-state index in [4.69, 9.17) is 0 Å². The maximum Gasteiger partial charge on any atom is 0.253 e. The Morgan fingerprint density at radius 1 is 1.23 bits per heavy atom. The van der Waals surface area contributed by atoms with E-state index in [1.54, 1.807) is 18.2 Å². The van der Waals surface area contributed by atoms with E-state index in [0.29, 0.717) is 27.7 Å². The van der Waals surface area contributed by atoms with Crippen LogP contribution in [0.15, 0.2) is 45.8 Å². The van der Waals surface area contributed by atoms with Crippen LogP contribution in [-0.2, 0) is 12.8 Å². The van der Waals surface area contributed by atoms with Gasteiger partial charge in [0.25, 0.3) is 5.91 Å². The molecular weight excluding hydrogens is 481 g/mol. The number of carbonyl (C=O) groups is 1. The number of phenolic OH excluding ortho intramolecular Hbond substituents is 1. The number of amides is 1. The molecule has 0 bridgehead atoms. The van der Waals surface area contributed by atoms with E-state index in [-0.39, 0.29) is 17.5 Å². The van der Waals surface area contributed by atoms with Crippen LogP contribution in [0.1, 0.15) is 28.9 Å². The summed E-state index contributed by atoms with van der Waals surface area (Å²) in [6, 6.07) is 9.78. The number of nitrogens with zero attached hydrogens (tertiary/aromatic N) is 2. The average Bonchev–Trinajstić information content (AvgIpc) is 2.98. The van der Waals surface area contributed by atoms with E-state index in [2.05, 4.69) is 26.1 Å². The highest BCUT2D eigenvalue weighted by Crippen LogP contribution is 2.36. The molecule has 1 heterocycles. The molecule has 0 unspecified atom stereocenters. The van der Waals surface area contributed by atoms with E-state index in [1.807, 2.05) is 31.8 Å². The monoisotopic (exact) mass is 507 g/mol. The van der Waals surface area contributed by atoms with Gasteiger partial charge in [0.2, 0.25) is 0 Å². The molecular formula is C23H27BrFN3O2S. The van der Waals surface area contributed by atoms with Crippen molar-refractivity contribution < 1.29 is 14.3 Å². The summed E-state index contributed by atoms with van der Waals surface area (Å²) >= 11 is 4.91. The number of thioether (sulfide) groups is 1. The maximum atomic E-state index is 13.2. The highest BCUT2D eigenvalue weighted by Gasteiger charge is 2.22. The molecule has 0 aliphatic carbocycles. The number of unbranched alkanes of at least 4 members (excludes halogenated alkanes) is 1. The minimum Gasteiger partial charge on any atom is -0.507 e. The summed E-state index contributed by atoms with van der Waals surface area (Å²) in [6.45, 7) is 1.57. The van der Waals surface area contributed by atoms with Crippen molar-refractivity contribution >= 4 is 44.5 Å². The summed E-state index contributed by atoms with van der Waals surface area (Å²) < 4.78 is 15.8. The maximum absolute atomic E-state index is 13.2. The lowest BCUT2D eigenvalue weighted by atomic mass is 10.1. The fourth-order valence-electron chi connectivity index (χ4n) is 3.45. The van der Waals surface area contributed by atoms with Gasteiger partial charge in [0.05, 0.1) is 15.6 Å². The molecule has 0 aliphatic rings. The van der Waals surface area contributed by atoms with Gasteiger partial charge in [-0.1, -0.05) is 0 Å². The Morgan fingerprint density at radius 3 is 2.61 bits per heavy atom. The van der Waals surface area contributed by atoms with Gasteiger partial charge in [0.15, 0.2) is 0 Å². The molecule has 0 spiro atoms. The standard InChI is InChI=1S/C23H27BrFN3O2S/c1-27(2)11-5-4-10-26-23(30)22-17-12-21(29)18(24)13-19(17)28(3)20(22)14-31-16-8-6-15(25)7-9-16/h6-9,12-13,29H,4-5,10-11,14H2,1-3H3,(H,26,30). The number of rotatable bonds is 9. The van der Waals surface area contributed by atoms with Crippen molar-refractivity contribution in [3.8, 4) is 5.75 Å². The zero-order chi connectivity index (χ0) is 22.5. The predicted octanol–water partition coefficient (Wildman–Crippen LogP) is 5.15. The van der Waals surface area contributed by atoms with Gasteiger partial charge in [-0.05, 0) is 85.8 Å². The zero-order valence-corrected chi connectivity index (χ0v) is 20.3. The first-order valence-corrected chi connectivity index (χ1v) is 11.9. The van der Waals surface area contributed by atoms with Crippen LogP contribution in [0, 0.1) is 5.82 Å². The van der Waals surface area contributed by atoms with Crippen LogP contribution in [0.4, 0.5) is 4.39 Å². The smallest absolute Gasteiger partial charge is 0.253 e. The quantitative estimate of drug-likeness (QED) is 0.310. The summed E-state index contributed by atoms with van der Waals surface area (Å²) in [5.74, 6) is 0.213. The summed E-state index contributed by atoms with van der Waals surface area (Å²) in [5.41, 5.74) is 2.28. The predicted molar refractivity (Wildman–Crippen MR) is 128 cm³/mol. The molecule has 5 nitrogen and oxygen atoms in total. The van der Waals surface area contributed by atoms with Crippen LogP contribution < -0.4 is 5.32 Å². The Balaban J connectivity index is 1.87. The lowest BCUT2D eigenvalue weighted by molar-refractivity contribution is 0.0953. The Hall–Kier alpha value is -2.03. The summed E-state index contributed by atoms with van der Waals surface area (Å²) in [6.07, 6.45) is 1.90. The van der Waals surface area contributed by atoms with Crippen molar-refractivity contribution in [1.82, 2.24) is 14.8 Å². The van der Waals surface area contributed by atoms with Crippen LogP contribution in [-0.4, -0.2) is 47.7 Å². The lowest BCUT2D eigenvalue weighted by Gasteiger charge is -2.11. The van der Waals surface area contributed by atoms with Gasteiger partial charge in [-0.25, -0.2) is 4.39 Å². The molecule has 166 valence electrons. The molecule has 1 amide bonds. The molecule has 0 aliphatic heterocycles. The largest absolute Gasteiger partial charge is 0.507 e. The first kappa shape index (κ1) is 23.6. The van der Waals surface area contributed by atoms with Crippen molar-refractivity contribution in [2.75, 3.05) is 27.2 Å². The third-order valence-electron chi connectivity index (χ3n) is 5.12. The number of hydrogen-bond donors (Lipinski definition) is 2. The second kappa shape index (κ2) is 10.5. The van der Waals surface area contributed by atoms with Gasteiger partial charge in [0, 0.05) is 35.3 Å². The Bertz CT molecular complexity index is 1070. The number of carbonyl (C=O) groups excluding carboxylic acids is 1. The SMILES string of the molecule is CN(C)CCCCNC(=O)c1c(CSc2ccc(F)cc2)n(C)c2cc(Br)c(O)cc12. The first-order valence-electron chi connectivity index (χ1n) is 10.1. The van der Waals surface area contributed by atoms with Gasteiger partial charge in [0.1, 0.15) is 11.6 Å². The molecule has 2 aromatic carbocycles. The van der Waals surface area contributed by atoms with Gasteiger partial charge >= 0.3 is 0 Å². The van der Waals surface area contributed by atoms with Gasteiger partial charge < -0.3 is 19.9 Å². The van der Waals surface area contributed by atoms with Gasteiger partial charge in [-0.3, -0.25) is 4.79 Å². The van der Waals surface area contributed by atoms with E-state index < -0.39 is 0 Å². The highest BCUT2D eigenvalue weighted by atomic mass is 79.9. The molecule has 0 fully saturated rings. The van der Waals surface area contributed by atoms with Crippen molar-refractivity contribution in [2.24, 2.45) is 7.05 Å². The molecule has 0 radical (unpaired) electrons. The van der Waals surface area contributed by atoms with E-state index in [0.717, 1.165) is 35.5 Å². The third kappa shape index (κ3) is 5.81. The van der Waals surface area contributed by atoms with E-state index in [9.17, 15) is 14.3 Å². The molecule has 3 rings (SSSR count). The van der Waals surface area contributed by atoms with Gasteiger partial charge in [-0.15, -0.1) is 11.8 Å². The normalized spacial score (nSPS) is 11.4. The molecule has 3 aromatic rings. The van der Waals surface area contributed by atoms with E-state index >= 15 is 0 Å². The van der Waals surface area contributed by atoms with Crippen molar-refractivity contribution in [3.05, 3.63) is 57.9 Å². The minimum absolute atomic E-state index is 0.0934. The average molecular weight is 508 g/mol. The topological polar surface area (TPSA) is 57.5 Å². The van der Waals surface area contributed by atoms with E-state index in [1.165, 1.54) is 23.9 Å². The lowest BCUT2D eigenvalue weighted by Crippen LogP contribution is -2.26. The van der Waals surface area contributed by atoms with Crippen molar-refractivity contribution in [2.45, 2.75) is 23.5 Å².